The molecule has 2 aromatic rings. The molecule has 100 valence electrons. The van der Waals surface area contributed by atoms with Crippen LogP contribution in [0.5, 0.6) is 0 Å². The fourth-order valence-corrected chi connectivity index (χ4v) is 2.24. The first kappa shape index (κ1) is 13.8. The van der Waals surface area contributed by atoms with Gasteiger partial charge in [-0.15, -0.1) is 0 Å². The number of aliphatic hydroxyl groups is 1. The van der Waals surface area contributed by atoms with E-state index in [0.717, 1.165) is 11.1 Å². The van der Waals surface area contributed by atoms with Crippen molar-refractivity contribution in [2.45, 2.75) is 13.0 Å². The monoisotopic (exact) mass is 279 g/mol. The van der Waals surface area contributed by atoms with E-state index in [9.17, 15) is 9.50 Å². The SMILES string of the molecule is Cc1cc(Cl)ccc1C(CO)Nc1ccccc1F. The Morgan fingerprint density at radius 3 is 2.63 bits per heavy atom. The lowest BCUT2D eigenvalue weighted by molar-refractivity contribution is 0.275. The summed E-state index contributed by atoms with van der Waals surface area (Å²) in [6.45, 7) is 1.78. The number of hydrogen-bond donors (Lipinski definition) is 2. The summed E-state index contributed by atoms with van der Waals surface area (Å²) in [7, 11) is 0. The third-order valence-electron chi connectivity index (χ3n) is 2.99. The van der Waals surface area contributed by atoms with E-state index in [-0.39, 0.29) is 18.5 Å². The van der Waals surface area contributed by atoms with Crippen molar-refractivity contribution in [3.8, 4) is 0 Å². The Labute approximate surface area is 116 Å². The molecular formula is C15H15ClFNO. The zero-order valence-corrected chi connectivity index (χ0v) is 11.3. The van der Waals surface area contributed by atoms with Crippen LogP contribution in [0.3, 0.4) is 0 Å². The molecule has 0 saturated heterocycles. The predicted molar refractivity (Wildman–Crippen MR) is 76.0 cm³/mol. The largest absolute Gasteiger partial charge is 0.394 e. The van der Waals surface area contributed by atoms with Gasteiger partial charge in [-0.1, -0.05) is 29.8 Å². The number of para-hydroxylation sites is 1. The van der Waals surface area contributed by atoms with Crippen LogP contribution in [0.4, 0.5) is 10.1 Å². The highest BCUT2D eigenvalue weighted by molar-refractivity contribution is 6.30. The second-order valence-electron chi connectivity index (χ2n) is 4.36. The molecule has 0 bridgehead atoms. The number of anilines is 1. The Morgan fingerprint density at radius 2 is 2.00 bits per heavy atom. The van der Waals surface area contributed by atoms with Gasteiger partial charge in [-0.05, 0) is 42.3 Å². The maximum atomic E-state index is 13.6. The molecule has 0 aliphatic carbocycles. The zero-order chi connectivity index (χ0) is 13.8. The molecule has 0 aliphatic rings. The third-order valence-corrected chi connectivity index (χ3v) is 3.23. The van der Waals surface area contributed by atoms with Gasteiger partial charge in [0.15, 0.2) is 0 Å². The molecule has 0 aromatic heterocycles. The third kappa shape index (κ3) is 3.25. The molecule has 2 rings (SSSR count). The molecule has 0 heterocycles. The lowest BCUT2D eigenvalue weighted by Gasteiger charge is -2.20. The molecule has 0 saturated carbocycles. The van der Waals surface area contributed by atoms with E-state index in [1.807, 2.05) is 19.1 Å². The second-order valence-corrected chi connectivity index (χ2v) is 4.80. The van der Waals surface area contributed by atoms with E-state index in [1.54, 1.807) is 24.3 Å². The Hall–Kier alpha value is -1.58. The molecule has 0 amide bonds. The van der Waals surface area contributed by atoms with Crippen molar-refractivity contribution >= 4 is 17.3 Å². The highest BCUT2D eigenvalue weighted by atomic mass is 35.5. The van der Waals surface area contributed by atoms with Crippen LogP contribution in [0.2, 0.25) is 5.02 Å². The number of aryl methyl sites for hydroxylation is 1. The number of halogens is 2. The maximum Gasteiger partial charge on any atom is 0.146 e. The Bertz CT molecular complexity index is 574. The highest BCUT2D eigenvalue weighted by Gasteiger charge is 2.14. The van der Waals surface area contributed by atoms with Gasteiger partial charge < -0.3 is 10.4 Å². The maximum absolute atomic E-state index is 13.6. The van der Waals surface area contributed by atoms with E-state index in [1.165, 1.54) is 6.07 Å². The standard InChI is InChI=1S/C15H15ClFNO/c1-10-8-11(16)6-7-12(10)15(9-19)18-14-5-3-2-4-13(14)17/h2-8,15,18-19H,9H2,1H3. The van der Waals surface area contributed by atoms with Crippen molar-refractivity contribution < 1.29 is 9.50 Å². The van der Waals surface area contributed by atoms with Gasteiger partial charge in [0.2, 0.25) is 0 Å². The van der Waals surface area contributed by atoms with Crippen LogP contribution in [-0.4, -0.2) is 11.7 Å². The Balaban J connectivity index is 2.28. The summed E-state index contributed by atoms with van der Waals surface area (Å²) in [5, 5.41) is 13.2. The Morgan fingerprint density at radius 1 is 1.26 bits per heavy atom. The minimum atomic E-state index is -0.367. The molecule has 2 aromatic carbocycles. The van der Waals surface area contributed by atoms with Gasteiger partial charge in [0.1, 0.15) is 5.82 Å². The minimum absolute atomic E-state index is 0.128. The van der Waals surface area contributed by atoms with Crippen molar-refractivity contribution in [3.63, 3.8) is 0 Å². The van der Waals surface area contributed by atoms with E-state index >= 15 is 0 Å². The van der Waals surface area contributed by atoms with Crippen LogP contribution in [-0.2, 0) is 0 Å². The van der Waals surface area contributed by atoms with Crippen LogP contribution >= 0.6 is 11.6 Å². The second kappa shape index (κ2) is 6.04. The first-order valence-corrected chi connectivity index (χ1v) is 6.37. The Kier molecular flexibility index (Phi) is 4.40. The normalized spacial score (nSPS) is 12.2. The zero-order valence-electron chi connectivity index (χ0n) is 10.5. The molecule has 1 atom stereocenters. The topological polar surface area (TPSA) is 32.3 Å². The van der Waals surface area contributed by atoms with Gasteiger partial charge in [-0.2, -0.15) is 0 Å². The van der Waals surface area contributed by atoms with Gasteiger partial charge in [0, 0.05) is 5.02 Å². The summed E-state index contributed by atoms with van der Waals surface area (Å²) in [5.74, 6) is -0.340. The van der Waals surface area contributed by atoms with Gasteiger partial charge >= 0.3 is 0 Å². The average molecular weight is 280 g/mol. The van der Waals surface area contributed by atoms with Crippen LogP contribution in [0.1, 0.15) is 17.2 Å². The van der Waals surface area contributed by atoms with Crippen molar-refractivity contribution in [2.75, 3.05) is 11.9 Å². The summed E-state index contributed by atoms with van der Waals surface area (Å²) >= 11 is 5.91. The predicted octanol–water partition coefficient (Wildman–Crippen LogP) is 3.93. The average Bonchev–Trinajstić information content (AvgIpc) is 2.39. The van der Waals surface area contributed by atoms with Crippen LogP contribution in [0.25, 0.3) is 0 Å². The quantitative estimate of drug-likeness (QED) is 0.889. The smallest absolute Gasteiger partial charge is 0.146 e. The molecule has 0 fully saturated rings. The highest BCUT2D eigenvalue weighted by Crippen LogP contribution is 2.25. The van der Waals surface area contributed by atoms with E-state index in [4.69, 9.17) is 11.6 Å². The number of rotatable bonds is 4. The molecular weight excluding hydrogens is 265 g/mol. The van der Waals surface area contributed by atoms with Crippen molar-refractivity contribution in [1.29, 1.82) is 0 Å². The van der Waals surface area contributed by atoms with Crippen LogP contribution in [0.15, 0.2) is 42.5 Å². The van der Waals surface area contributed by atoms with E-state index < -0.39 is 0 Å². The van der Waals surface area contributed by atoms with Crippen LogP contribution in [0, 0.1) is 12.7 Å². The summed E-state index contributed by atoms with van der Waals surface area (Å²) in [6, 6.07) is 11.4. The minimum Gasteiger partial charge on any atom is -0.394 e. The van der Waals surface area contributed by atoms with Crippen LogP contribution < -0.4 is 5.32 Å². The molecule has 2 N–H and O–H groups in total. The van der Waals surface area contributed by atoms with Gasteiger partial charge in [-0.3, -0.25) is 0 Å². The van der Waals surface area contributed by atoms with E-state index in [0.29, 0.717) is 10.7 Å². The molecule has 0 spiro atoms. The summed E-state index contributed by atoms with van der Waals surface area (Å²) in [4.78, 5) is 0. The van der Waals surface area contributed by atoms with Gasteiger partial charge in [0.05, 0.1) is 18.3 Å². The van der Waals surface area contributed by atoms with Gasteiger partial charge in [-0.25, -0.2) is 4.39 Å². The number of aliphatic hydroxyl groups excluding tert-OH is 1. The summed E-state index contributed by atoms with van der Waals surface area (Å²) in [6.07, 6.45) is 0. The van der Waals surface area contributed by atoms with Gasteiger partial charge in [0.25, 0.3) is 0 Å². The van der Waals surface area contributed by atoms with E-state index in [2.05, 4.69) is 5.32 Å². The molecule has 1 unspecified atom stereocenters. The van der Waals surface area contributed by atoms with Crippen molar-refractivity contribution in [3.05, 3.63) is 64.4 Å². The molecule has 0 radical (unpaired) electrons. The number of nitrogens with one attached hydrogen (secondary N) is 1. The fourth-order valence-electron chi connectivity index (χ4n) is 2.02. The lowest BCUT2D eigenvalue weighted by Crippen LogP contribution is -2.16. The number of benzene rings is 2. The molecule has 4 heteroatoms. The molecule has 2 nitrogen and oxygen atoms in total. The molecule has 0 aliphatic heterocycles. The lowest BCUT2D eigenvalue weighted by atomic mass is 10.0. The molecule has 19 heavy (non-hydrogen) atoms. The first-order chi connectivity index (χ1) is 9.11. The van der Waals surface area contributed by atoms with Crippen molar-refractivity contribution in [2.24, 2.45) is 0 Å². The fraction of sp³-hybridized carbons (Fsp3) is 0.200. The summed E-state index contributed by atoms with van der Waals surface area (Å²) in [5.41, 5.74) is 2.22. The van der Waals surface area contributed by atoms with Crippen molar-refractivity contribution in [1.82, 2.24) is 0 Å². The first-order valence-electron chi connectivity index (χ1n) is 6.00. The summed E-state index contributed by atoms with van der Waals surface area (Å²) < 4.78 is 13.6. The number of hydrogen-bond acceptors (Lipinski definition) is 2.